The lowest BCUT2D eigenvalue weighted by Gasteiger charge is -2.12. The number of hydrogen-bond donors (Lipinski definition) is 1. The van der Waals surface area contributed by atoms with Crippen molar-refractivity contribution in [1.82, 2.24) is 5.43 Å². The van der Waals surface area contributed by atoms with Gasteiger partial charge in [-0.25, -0.2) is 5.43 Å². The minimum Gasteiger partial charge on any atom is -0.497 e. The number of nitrogens with one attached hydrogen (secondary N) is 1. The molecule has 0 saturated heterocycles. The molecule has 11 nitrogen and oxygen atoms in total. The molecule has 35 heavy (non-hydrogen) atoms. The van der Waals surface area contributed by atoms with E-state index in [1.807, 2.05) is 0 Å². The van der Waals surface area contributed by atoms with Crippen LogP contribution in [0.3, 0.4) is 0 Å². The summed E-state index contributed by atoms with van der Waals surface area (Å²) >= 11 is 0. The van der Waals surface area contributed by atoms with E-state index in [4.69, 9.17) is 13.7 Å². The zero-order valence-electron chi connectivity index (χ0n) is 18.7. The lowest BCUT2D eigenvalue weighted by molar-refractivity contribution is -0.384. The number of benzene rings is 3. The second-order valence-corrected chi connectivity index (χ2v) is 8.40. The van der Waals surface area contributed by atoms with Gasteiger partial charge in [-0.15, -0.1) is 0 Å². The van der Waals surface area contributed by atoms with Gasteiger partial charge in [0.25, 0.3) is 11.6 Å². The number of rotatable bonds is 10. The number of hydrazone groups is 1. The monoisotopic (exact) mass is 499 g/mol. The van der Waals surface area contributed by atoms with Gasteiger partial charge < -0.3 is 13.7 Å². The van der Waals surface area contributed by atoms with Crippen LogP contribution in [0.2, 0.25) is 0 Å². The predicted molar refractivity (Wildman–Crippen MR) is 127 cm³/mol. The second kappa shape index (κ2) is 11.1. The van der Waals surface area contributed by atoms with Crippen molar-refractivity contribution in [2.24, 2.45) is 5.10 Å². The van der Waals surface area contributed by atoms with E-state index in [9.17, 15) is 23.3 Å². The minimum atomic E-state index is -4.28. The molecule has 1 amide bonds. The van der Waals surface area contributed by atoms with E-state index in [-0.39, 0.29) is 28.7 Å². The highest BCUT2D eigenvalue weighted by Crippen LogP contribution is 2.31. The molecule has 1 N–H and O–H groups in total. The standard InChI is InChI=1S/C23H21N3O8S/c1-3-33-22-14-16(15-24-25-23(27)17-5-9-19(32-2)10-6-17)4-13-21(22)34-35(30,31)20-11-7-18(8-12-20)26(28)29/h4-15H,3H2,1-2H3,(H,25,27)/b24-15-. The van der Waals surface area contributed by atoms with E-state index in [1.54, 1.807) is 31.2 Å². The molecule has 0 aromatic heterocycles. The molecule has 0 aliphatic carbocycles. The van der Waals surface area contributed by atoms with E-state index in [1.165, 1.54) is 31.5 Å². The van der Waals surface area contributed by atoms with Gasteiger partial charge in [-0.3, -0.25) is 14.9 Å². The normalized spacial score (nSPS) is 11.1. The number of amides is 1. The first-order valence-corrected chi connectivity index (χ1v) is 11.6. The molecule has 0 fully saturated rings. The van der Waals surface area contributed by atoms with E-state index >= 15 is 0 Å². The number of carbonyl (C=O) groups is 1. The molecule has 0 saturated carbocycles. The van der Waals surface area contributed by atoms with Gasteiger partial charge in [0.15, 0.2) is 11.5 Å². The highest BCUT2D eigenvalue weighted by Gasteiger charge is 2.20. The summed E-state index contributed by atoms with van der Waals surface area (Å²) in [4.78, 5) is 22.1. The molecule has 0 atom stereocenters. The summed E-state index contributed by atoms with van der Waals surface area (Å²) in [6.07, 6.45) is 1.36. The summed E-state index contributed by atoms with van der Waals surface area (Å²) in [5.74, 6) is 0.238. The van der Waals surface area contributed by atoms with Gasteiger partial charge in [0.1, 0.15) is 10.6 Å². The Kier molecular flexibility index (Phi) is 8.00. The van der Waals surface area contributed by atoms with E-state index in [0.29, 0.717) is 16.9 Å². The zero-order chi connectivity index (χ0) is 25.4. The van der Waals surface area contributed by atoms with E-state index in [2.05, 4.69) is 10.5 Å². The summed E-state index contributed by atoms with van der Waals surface area (Å²) in [7, 11) is -2.75. The van der Waals surface area contributed by atoms with Crippen molar-refractivity contribution in [3.8, 4) is 17.2 Å². The summed E-state index contributed by atoms with van der Waals surface area (Å²) in [6.45, 7) is 1.94. The van der Waals surface area contributed by atoms with Gasteiger partial charge in [0.05, 0.1) is 24.9 Å². The van der Waals surface area contributed by atoms with Crippen LogP contribution in [0.15, 0.2) is 76.7 Å². The number of methoxy groups -OCH3 is 1. The Morgan fingerprint density at radius 3 is 2.34 bits per heavy atom. The van der Waals surface area contributed by atoms with Crippen molar-refractivity contribution in [3.05, 3.63) is 88.0 Å². The van der Waals surface area contributed by atoms with Crippen LogP contribution < -0.4 is 19.1 Å². The minimum absolute atomic E-state index is 0.0791. The average molecular weight is 500 g/mol. The molecule has 0 radical (unpaired) electrons. The van der Waals surface area contributed by atoms with Crippen LogP contribution in [0, 0.1) is 10.1 Å². The van der Waals surface area contributed by atoms with Gasteiger partial charge in [-0.1, -0.05) is 0 Å². The van der Waals surface area contributed by atoms with Crippen molar-refractivity contribution in [2.45, 2.75) is 11.8 Å². The van der Waals surface area contributed by atoms with Gasteiger partial charge in [-0.2, -0.15) is 13.5 Å². The fourth-order valence-electron chi connectivity index (χ4n) is 2.82. The lowest BCUT2D eigenvalue weighted by Crippen LogP contribution is -2.17. The van der Waals surface area contributed by atoms with Crippen LogP contribution in [0.5, 0.6) is 17.2 Å². The fourth-order valence-corrected chi connectivity index (χ4v) is 3.76. The zero-order valence-corrected chi connectivity index (χ0v) is 19.5. The maximum absolute atomic E-state index is 12.6. The van der Waals surface area contributed by atoms with Gasteiger partial charge >= 0.3 is 10.1 Å². The van der Waals surface area contributed by atoms with E-state index in [0.717, 1.165) is 24.3 Å². The second-order valence-electron chi connectivity index (χ2n) is 6.86. The molecular weight excluding hydrogens is 478 g/mol. The third-order valence-electron chi connectivity index (χ3n) is 4.54. The summed E-state index contributed by atoms with van der Waals surface area (Å²) in [6, 6.07) is 15.2. The molecular formula is C23H21N3O8S. The Bertz CT molecular complexity index is 1340. The smallest absolute Gasteiger partial charge is 0.339 e. The summed E-state index contributed by atoms with van der Waals surface area (Å²) in [5.41, 5.74) is 3.04. The SMILES string of the molecule is CCOc1cc(/C=N\NC(=O)c2ccc(OC)cc2)ccc1OS(=O)(=O)c1ccc([N+](=O)[O-])cc1. The molecule has 0 unspecified atom stereocenters. The molecule has 3 rings (SSSR count). The van der Waals surface area contributed by atoms with Crippen molar-refractivity contribution in [1.29, 1.82) is 0 Å². The van der Waals surface area contributed by atoms with Crippen LogP contribution in [0.1, 0.15) is 22.8 Å². The Morgan fingerprint density at radius 1 is 1.06 bits per heavy atom. The number of nitro benzene ring substituents is 1. The molecule has 0 aliphatic rings. The molecule has 0 bridgehead atoms. The lowest BCUT2D eigenvalue weighted by atomic mass is 10.2. The number of ether oxygens (including phenoxy) is 2. The highest BCUT2D eigenvalue weighted by molar-refractivity contribution is 7.87. The molecule has 3 aromatic rings. The maximum Gasteiger partial charge on any atom is 0.339 e. The molecule has 0 spiro atoms. The number of carbonyl (C=O) groups excluding carboxylic acids is 1. The molecule has 12 heteroatoms. The first kappa shape index (κ1) is 25.2. The molecule has 0 heterocycles. The third-order valence-corrected chi connectivity index (χ3v) is 5.78. The highest BCUT2D eigenvalue weighted by atomic mass is 32.2. The van der Waals surface area contributed by atoms with Crippen LogP contribution in [0.4, 0.5) is 5.69 Å². The fraction of sp³-hybridized carbons (Fsp3) is 0.130. The average Bonchev–Trinajstić information content (AvgIpc) is 2.85. The van der Waals surface area contributed by atoms with Crippen LogP contribution in [-0.4, -0.2) is 39.2 Å². The first-order chi connectivity index (χ1) is 16.7. The van der Waals surface area contributed by atoms with Crippen LogP contribution in [0.25, 0.3) is 0 Å². The van der Waals surface area contributed by atoms with Crippen molar-refractivity contribution < 1.29 is 31.8 Å². The van der Waals surface area contributed by atoms with Gasteiger partial charge in [0, 0.05) is 17.7 Å². The summed E-state index contributed by atoms with van der Waals surface area (Å²) in [5, 5.41) is 14.7. The van der Waals surface area contributed by atoms with E-state index < -0.39 is 20.9 Å². The number of nitro groups is 1. The largest absolute Gasteiger partial charge is 0.497 e. The molecule has 182 valence electrons. The summed E-state index contributed by atoms with van der Waals surface area (Å²) < 4.78 is 41.0. The topological polar surface area (TPSA) is 146 Å². The van der Waals surface area contributed by atoms with Crippen LogP contribution in [-0.2, 0) is 10.1 Å². The van der Waals surface area contributed by atoms with Crippen molar-refractivity contribution in [2.75, 3.05) is 13.7 Å². The van der Waals surface area contributed by atoms with Gasteiger partial charge in [-0.05, 0) is 67.1 Å². The number of nitrogens with zero attached hydrogens (tertiary/aromatic N) is 2. The Hall–Kier alpha value is -4.45. The third kappa shape index (κ3) is 6.54. The first-order valence-electron chi connectivity index (χ1n) is 10.2. The predicted octanol–water partition coefficient (Wildman–Crippen LogP) is 3.53. The Labute approximate surface area is 201 Å². The quantitative estimate of drug-likeness (QED) is 0.193. The molecule has 3 aromatic carbocycles. The van der Waals surface area contributed by atoms with Crippen molar-refractivity contribution in [3.63, 3.8) is 0 Å². The van der Waals surface area contributed by atoms with Crippen molar-refractivity contribution >= 4 is 27.9 Å². The Balaban J connectivity index is 1.73. The van der Waals surface area contributed by atoms with Crippen LogP contribution >= 0.6 is 0 Å². The number of non-ortho nitro benzene ring substituents is 1. The molecule has 0 aliphatic heterocycles. The van der Waals surface area contributed by atoms with Gasteiger partial charge in [0.2, 0.25) is 0 Å². The Morgan fingerprint density at radius 2 is 1.74 bits per heavy atom. The maximum atomic E-state index is 12.6. The number of hydrogen-bond acceptors (Lipinski definition) is 9.